The van der Waals surface area contributed by atoms with E-state index in [1.807, 2.05) is 6.92 Å². The second-order valence-electron chi connectivity index (χ2n) is 1.84. The summed E-state index contributed by atoms with van der Waals surface area (Å²) in [6, 6.07) is 0. The third-order valence-electron chi connectivity index (χ3n) is 1.22. The van der Waals surface area contributed by atoms with Crippen LogP contribution in [-0.4, -0.2) is 5.71 Å². The zero-order valence-electron chi connectivity index (χ0n) is 6.67. The summed E-state index contributed by atoms with van der Waals surface area (Å²) in [6.45, 7) is 5.44. The largest absolute Gasteiger partial charge is 0.404 e. The molecule has 2 N–H and O–H groups in total. The molecule has 0 aliphatic rings. The van der Waals surface area contributed by atoms with Crippen molar-refractivity contribution >= 4 is 5.71 Å². The molecule has 0 saturated carbocycles. The molecule has 2 nitrogen and oxygen atoms in total. The SMILES string of the molecule is C#CC(=CN)C(CC)=NC=C. The minimum Gasteiger partial charge on any atom is -0.404 e. The van der Waals surface area contributed by atoms with Gasteiger partial charge in [-0.25, -0.2) is 0 Å². The van der Waals surface area contributed by atoms with Gasteiger partial charge in [0.2, 0.25) is 0 Å². The van der Waals surface area contributed by atoms with Crippen LogP contribution in [0.15, 0.2) is 29.5 Å². The first kappa shape index (κ1) is 9.51. The van der Waals surface area contributed by atoms with Crippen molar-refractivity contribution in [2.24, 2.45) is 10.7 Å². The molecular formula is C9H12N2. The minimum absolute atomic E-state index is 0.632. The predicted octanol–water partition coefficient (Wildman–Crippen LogP) is 1.46. The Hall–Kier alpha value is -1.49. The lowest BCUT2D eigenvalue weighted by Gasteiger charge is -1.98. The summed E-state index contributed by atoms with van der Waals surface area (Å²) >= 11 is 0. The van der Waals surface area contributed by atoms with E-state index >= 15 is 0 Å². The van der Waals surface area contributed by atoms with Gasteiger partial charge in [-0.15, -0.1) is 6.42 Å². The first-order valence-electron chi connectivity index (χ1n) is 3.36. The molecule has 0 rings (SSSR count). The van der Waals surface area contributed by atoms with Crippen LogP contribution in [-0.2, 0) is 0 Å². The van der Waals surface area contributed by atoms with E-state index in [4.69, 9.17) is 12.2 Å². The number of hydrogen-bond acceptors (Lipinski definition) is 2. The summed E-state index contributed by atoms with van der Waals surface area (Å²) in [5.74, 6) is 2.45. The highest BCUT2D eigenvalue weighted by molar-refractivity contribution is 6.03. The number of allylic oxidation sites excluding steroid dienone is 1. The molecule has 0 bridgehead atoms. The molecule has 0 spiro atoms. The van der Waals surface area contributed by atoms with Gasteiger partial charge in [-0.3, -0.25) is 4.99 Å². The molecule has 58 valence electrons. The molecular weight excluding hydrogens is 136 g/mol. The van der Waals surface area contributed by atoms with Gasteiger partial charge >= 0.3 is 0 Å². The molecule has 0 radical (unpaired) electrons. The van der Waals surface area contributed by atoms with Crippen molar-refractivity contribution in [2.75, 3.05) is 0 Å². The summed E-state index contributed by atoms with van der Waals surface area (Å²) in [5, 5.41) is 0. The lowest BCUT2D eigenvalue weighted by Crippen LogP contribution is -2.01. The van der Waals surface area contributed by atoms with Gasteiger partial charge in [0.05, 0.1) is 11.3 Å². The summed E-state index contributed by atoms with van der Waals surface area (Å²) in [7, 11) is 0. The fraction of sp³-hybridized carbons (Fsp3) is 0.222. The third-order valence-corrected chi connectivity index (χ3v) is 1.22. The average Bonchev–Trinajstić information content (AvgIpc) is 2.05. The Morgan fingerprint density at radius 3 is 2.73 bits per heavy atom. The van der Waals surface area contributed by atoms with E-state index in [1.165, 1.54) is 12.4 Å². The molecule has 0 aromatic carbocycles. The van der Waals surface area contributed by atoms with Crippen molar-refractivity contribution in [1.82, 2.24) is 0 Å². The molecule has 0 saturated heterocycles. The molecule has 0 aliphatic heterocycles. The van der Waals surface area contributed by atoms with E-state index in [2.05, 4.69) is 17.5 Å². The van der Waals surface area contributed by atoms with Crippen LogP contribution in [0, 0.1) is 12.3 Å². The van der Waals surface area contributed by atoms with E-state index in [1.54, 1.807) is 0 Å². The number of nitrogens with zero attached hydrogens (tertiary/aromatic N) is 1. The quantitative estimate of drug-likeness (QED) is 0.477. The zero-order valence-corrected chi connectivity index (χ0v) is 6.67. The molecule has 0 fully saturated rings. The maximum Gasteiger partial charge on any atom is 0.0612 e. The van der Waals surface area contributed by atoms with Gasteiger partial charge in [-0.1, -0.05) is 19.4 Å². The maximum atomic E-state index is 5.27. The number of nitrogens with two attached hydrogens (primary N) is 1. The average molecular weight is 148 g/mol. The van der Waals surface area contributed by atoms with Gasteiger partial charge in [0.25, 0.3) is 0 Å². The number of rotatable bonds is 3. The van der Waals surface area contributed by atoms with E-state index < -0.39 is 0 Å². The molecule has 11 heavy (non-hydrogen) atoms. The Bertz CT molecular complexity index is 228. The maximum absolute atomic E-state index is 5.27. The summed E-state index contributed by atoms with van der Waals surface area (Å²) < 4.78 is 0. The van der Waals surface area contributed by atoms with Crippen LogP contribution in [0.5, 0.6) is 0 Å². The standard InChI is InChI=1S/C9H12N2/c1-4-8(7-10)9(5-2)11-6-3/h1,6-7H,3,5,10H2,2H3. The van der Waals surface area contributed by atoms with Crippen molar-refractivity contribution in [1.29, 1.82) is 0 Å². The Morgan fingerprint density at radius 2 is 2.45 bits per heavy atom. The van der Waals surface area contributed by atoms with Crippen molar-refractivity contribution < 1.29 is 0 Å². The molecule has 2 heteroatoms. The third kappa shape index (κ3) is 2.72. The molecule has 0 aromatic rings. The highest BCUT2D eigenvalue weighted by Crippen LogP contribution is 1.99. The van der Waals surface area contributed by atoms with Crippen LogP contribution in [0.3, 0.4) is 0 Å². The van der Waals surface area contributed by atoms with Gasteiger partial charge in [-0.05, 0) is 6.42 Å². The lowest BCUT2D eigenvalue weighted by atomic mass is 10.1. The van der Waals surface area contributed by atoms with Crippen molar-refractivity contribution in [2.45, 2.75) is 13.3 Å². The second-order valence-corrected chi connectivity index (χ2v) is 1.84. The van der Waals surface area contributed by atoms with Crippen molar-refractivity contribution in [3.8, 4) is 12.3 Å². The summed E-state index contributed by atoms with van der Waals surface area (Å²) in [5.41, 5.74) is 6.70. The molecule has 0 aromatic heterocycles. The molecule has 0 amide bonds. The van der Waals surface area contributed by atoms with Crippen LogP contribution in [0.25, 0.3) is 0 Å². The molecule has 0 atom stereocenters. The normalized spacial score (nSPS) is 12.4. The highest BCUT2D eigenvalue weighted by atomic mass is 14.7. The van der Waals surface area contributed by atoms with Crippen LogP contribution in [0.2, 0.25) is 0 Å². The van der Waals surface area contributed by atoms with E-state index in [-0.39, 0.29) is 0 Å². The van der Waals surface area contributed by atoms with Gasteiger partial charge in [0.1, 0.15) is 0 Å². The number of aliphatic imine (C=N–C) groups is 1. The Kier molecular flexibility index (Phi) is 4.59. The Morgan fingerprint density at radius 1 is 1.82 bits per heavy atom. The molecule has 0 aliphatic carbocycles. The highest BCUT2D eigenvalue weighted by Gasteiger charge is 1.98. The lowest BCUT2D eigenvalue weighted by molar-refractivity contribution is 1.26. The second kappa shape index (κ2) is 5.31. The number of terminal acetylenes is 1. The Balaban J connectivity index is 4.65. The van der Waals surface area contributed by atoms with Gasteiger partial charge < -0.3 is 5.73 Å². The molecule has 0 unspecified atom stereocenters. The van der Waals surface area contributed by atoms with Gasteiger partial charge in [0.15, 0.2) is 0 Å². The van der Waals surface area contributed by atoms with Crippen LogP contribution in [0.1, 0.15) is 13.3 Å². The number of hydrogen-bond donors (Lipinski definition) is 1. The molecule has 0 heterocycles. The van der Waals surface area contributed by atoms with E-state index in [0.29, 0.717) is 5.57 Å². The fourth-order valence-electron chi connectivity index (χ4n) is 0.689. The van der Waals surface area contributed by atoms with Crippen LogP contribution in [0.4, 0.5) is 0 Å². The minimum atomic E-state index is 0.632. The predicted molar refractivity (Wildman–Crippen MR) is 49.0 cm³/mol. The van der Waals surface area contributed by atoms with Crippen molar-refractivity contribution in [3.05, 3.63) is 24.6 Å². The summed E-state index contributed by atoms with van der Waals surface area (Å²) in [4.78, 5) is 3.97. The van der Waals surface area contributed by atoms with Gasteiger partial charge in [0, 0.05) is 12.4 Å². The first-order chi connectivity index (χ1) is 5.29. The fourth-order valence-corrected chi connectivity index (χ4v) is 0.689. The monoisotopic (exact) mass is 148 g/mol. The first-order valence-corrected chi connectivity index (χ1v) is 3.36. The smallest absolute Gasteiger partial charge is 0.0612 e. The van der Waals surface area contributed by atoms with Gasteiger partial charge in [-0.2, -0.15) is 0 Å². The zero-order chi connectivity index (χ0) is 8.69. The topological polar surface area (TPSA) is 38.4 Å². The van der Waals surface area contributed by atoms with E-state index in [0.717, 1.165) is 12.1 Å². The van der Waals surface area contributed by atoms with Crippen LogP contribution < -0.4 is 5.73 Å². The van der Waals surface area contributed by atoms with Crippen molar-refractivity contribution in [3.63, 3.8) is 0 Å². The van der Waals surface area contributed by atoms with Crippen LogP contribution >= 0.6 is 0 Å². The summed E-state index contributed by atoms with van der Waals surface area (Å²) in [6.07, 6.45) is 8.78. The Labute approximate surface area is 67.5 Å². The van der Waals surface area contributed by atoms with E-state index in [9.17, 15) is 0 Å².